The standard InChI is InChI=1S/C17H23ClN6O2.2C2HF3O2/c1-9(2)8-24(4)16-14(18)22-13(15(19)23-16)17(25)21-11-7-20-12(26-5)6-10(11)3;2*3-2(4,5)1(6)7/h6-7,9H,8H2,1-5H3,(H2,19,23)(H,21,25);2*(H,6,7). The summed E-state index contributed by atoms with van der Waals surface area (Å²) in [7, 11) is 3.37. The smallest absolute Gasteiger partial charge is 0.481 e. The number of aromatic nitrogens is 3. The molecule has 40 heavy (non-hydrogen) atoms. The zero-order valence-electron chi connectivity index (χ0n) is 21.5. The summed E-state index contributed by atoms with van der Waals surface area (Å²) in [6.45, 7) is 6.71. The largest absolute Gasteiger partial charge is 0.490 e. The van der Waals surface area contributed by atoms with Gasteiger partial charge >= 0.3 is 24.3 Å². The van der Waals surface area contributed by atoms with Gasteiger partial charge in [0, 0.05) is 19.7 Å². The number of nitrogens with two attached hydrogens (primary N) is 1. The number of rotatable bonds is 6. The van der Waals surface area contributed by atoms with Crippen LogP contribution < -0.4 is 20.7 Å². The van der Waals surface area contributed by atoms with Crippen molar-refractivity contribution in [2.75, 3.05) is 36.7 Å². The number of nitrogens with zero attached hydrogens (tertiary/aromatic N) is 4. The molecular formula is C21H25ClF6N6O6. The van der Waals surface area contributed by atoms with E-state index in [4.69, 9.17) is 41.9 Å². The number of aryl methyl sites for hydroxylation is 1. The molecule has 2 aromatic heterocycles. The lowest BCUT2D eigenvalue weighted by Crippen LogP contribution is -2.26. The van der Waals surface area contributed by atoms with E-state index in [9.17, 15) is 31.1 Å². The molecule has 0 saturated heterocycles. The van der Waals surface area contributed by atoms with Crippen molar-refractivity contribution >= 4 is 46.8 Å². The number of carbonyl (C=O) groups excluding carboxylic acids is 1. The van der Waals surface area contributed by atoms with Crippen molar-refractivity contribution in [1.82, 2.24) is 15.0 Å². The highest BCUT2D eigenvalue weighted by atomic mass is 35.5. The predicted octanol–water partition coefficient (Wildman–Crippen LogP) is 4.04. The number of hydrogen-bond donors (Lipinski definition) is 4. The van der Waals surface area contributed by atoms with Crippen LogP contribution in [-0.2, 0) is 9.59 Å². The molecule has 19 heteroatoms. The Kier molecular flexibility index (Phi) is 13.4. The number of aliphatic carboxylic acids is 2. The fourth-order valence-corrected chi connectivity index (χ4v) is 2.69. The highest BCUT2D eigenvalue weighted by Gasteiger charge is 2.38. The molecule has 0 radical (unpaired) electrons. The molecule has 0 aromatic carbocycles. The molecule has 0 bridgehead atoms. The number of pyridine rings is 1. The van der Waals surface area contributed by atoms with Gasteiger partial charge < -0.3 is 30.9 Å². The highest BCUT2D eigenvalue weighted by Crippen LogP contribution is 2.25. The summed E-state index contributed by atoms with van der Waals surface area (Å²) in [4.78, 5) is 44.6. The topological polar surface area (TPSA) is 181 Å². The Morgan fingerprint density at radius 3 is 1.95 bits per heavy atom. The summed E-state index contributed by atoms with van der Waals surface area (Å²) in [5, 5.41) is 17.1. The maximum Gasteiger partial charge on any atom is 0.490 e. The zero-order chi connectivity index (χ0) is 31.6. The molecule has 0 aliphatic carbocycles. The van der Waals surface area contributed by atoms with Crippen LogP contribution in [0.15, 0.2) is 12.3 Å². The van der Waals surface area contributed by atoms with E-state index in [-0.39, 0.29) is 16.7 Å². The second-order valence-corrected chi connectivity index (χ2v) is 8.31. The molecule has 0 saturated carbocycles. The summed E-state index contributed by atoms with van der Waals surface area (Å²) in [6.07, 6.45) is -8.66. The SMILES string of the molecule is COc1cc(C)c(NC(=O)c2nc(Cl)c(N(C)CC(C)C)nc2N)cn1.O=C(O)C(F)(F)F.O=C(O)C(F)(F)F. The van der Waals surface area contributed by atoms with Gasteiger partial charge in [0.15, 0.2) is 22.5 Å². The van der Waals surface area contributed by atoms with Gasteiger partial charge in [-0.25, -0.2) is 24.5 Å². The Bertz CT molecular complexity index is 1170. The maximum atomic E-state index is 12.5. The number of carboxylic acids is 2. The van der Waals surface area contributed by atoms with Crippen LogP contribution in [0.3, 0.4) is 0 Å². The van der Waals surface area contributed by atoms with E-state index >= 15 is 0 Å². The third kappa shape index (κ3) is 12.2. The van der Waals surface area contributed by atoms with Gasteiger partial charge in [0.05, 0.1) is 19.0 Å². The number of amides is 1. The molecule has 2 aromatic rings. The van der Waals surface area contributed by atoms with Crippen molar-refractivity contribution in [2.24, 2.45) is 5.92 Å². The third-order valence-electron chi connectivity index (χ3n) is 4.11. The molecule has 5 N–H and O–H groups in total. The molecule has 0 fully saturated rings. The molecule has 0 unspecified atom stereocenters. The molecule has 1 amide bonds. The minimum atomic E-state index is -5.08. The lowest BCUT2D eigenvalue weighted by atomic mass is 10.2. The number of halogens is 7. The van der Waals surface area contributed by atoms with Gasteiger partial charge in [-0.1, -0.05) is 25.4 Å². The molecule has 224 valence electrons. The Balaban J connectivity index is 0.000000894. The van der Waals surface area contributed by atoms with E-state index in [2.05, 4.69) is 34.1 Å². The number of methoxy groups -OCH3 is 1. The van der Waals surface area contributed by atoms with Crippen LogP contribution in [0.5, 0.6) is 5.88 Å². The average Bonchev–Trinajstić information content (AvgIpc) is 2.80. The zero-order valence-corrected chi connectivity index (χ0v) is 22.2. The second-order valence-electron chi connectivity index (χ2n) is 7.95. The van der Waals surface area contributed by atoms with Crippen LogP contribution in [0.2, 0.25) is 5.15 Å². The van der Waals surface area contributed by atoms with Crippen molar-refractivity contribution in [3.63, 3.8) is 0 Å². The van der Waals surface area contributed by atoms with Gasteiger partial charge in [-0.3, -0.25) is 4.79 Å². The van der Waals surface area contributed by atoms with Crippen LogP contribution in [0, 0.1) is 12.8 Å². The van der Waals surface area contributed by atoms with Gasteiger partial charge in [-0.05, 0) is 18.4 Å². The number of carboxylic acid groups (broad SMARTS) is 2. The summed E-state index contributed by atoms with van der Waals surface area (Å²) in [5.74, 6) is -4.70. The number of anilines is 3. The van der Waals surface area contributed by atoms with Gasteiger partial charge in [-0.2, -0.15) is 26.3 Å². The molecule has 2 heterocycles. The van der Waals surface area contributed by atoms with Crippen molar-refractivity contribution < 1.29 is 55.7 Å². The van der Waals surface area contributed by atoms with E-state index in [1.165, 1.54) is 13.3 Å². The van der Waals surface area contributed by atoms with E-state index < -0.39 is 30.2 Å². The van der Waals surface area contributed by atoms with Crippen LogP contribution in [0.1, 0.15) is 29.9 Å². The van der Waals surface area contributed by atoms with Crippen molar-refractivity contribution in [3.05, 3.63) is 28.7 Å². The first kappa shape index (κ1) is 35.9. The fraction of sp³-hybridized carbons (Fsp3) is 0.429. The van der Waals surface area contributed by atoms with Crippen LogP contribution >= 0.6 is 11.6 Å². The molecule has 0 aliphatic rings. The molecule has 2 rings (SSSR count). The first-order chi connectivity index (χ1) is 18.1. The Morgan fingerprint density at radius 1 is 1.10 bits per heavy atom. The van der Waals surface area contributed by atoms with E-state index in [0.29, 0.717) is 23.3 Å². The van der Waals surface area contributed by atoms with Crippen LogP contribution in [-0.4, -0.2) is 76.1 Å². The number of nitrogen functional groups attached to an aromatic ring is 1. The minimum absolute atomic E-state index is 0.0108. The first-order valence-corrected chi connectivity index (χ1v) is 11.0. The van der Waals surface area contributed by atoms with Crippen molar-refractivity contribution in [3.8, 4) is 5.88 Å². The van der Waals surface area contributed by atoms with Crippen molar-refractivity contribution in [2.45, 2.75) is 33.1 Å². The maximum absolute atomic E-state index is 12.5. The number of carbonyl (C=O) groups is 3. The highest BCUT2D eigenvalue weighted by molar-refractivity contribution is 6.32. The summed E-state index contributed by atoms with van der Waals surface area (Å²) in [6, 6.07) is 1.71. The Labute approximate surface area is 228 Å². The monoisotopic (exact) mass is 606 g/mol. The molecule has 12 nitrogen and oxygen atoms in total. The van der Waals surface area contributed by atoms with Gasteiger partial charge in [-0.15, -0.1) is 0 Å². The summed E-state index contributed by atoms with van der Waals surface area (Å²) in [5.41, 5.74) is 7.22. The number of nitrogens with one attached hydrogen (secondary N) is 1. The number of ether oxygens (including phenoxy) is 1. The normalized spacial score (nSPS) is 10.9. The van der Waals surface area contributed by atoms with Gasteiger partial charge in [0.25, 0.3) is 5.91 Å². The molecule has 0 spiro atoms. The third-order valence-corrected chi connectivity index (χ3v) is 4.36. The van der Waals surface area contributed by atoms with Crippen molar-refractivity contribution in [1.29, 1.82) is 0 Å². The van der Waals surface area contributed by atoms with Gasteiger partial charge in [0.1, 0.15) is 0 Å². The second kappa shape index (κ2) is 14.9. The van der Waals surface area contributed by atoms with Crippen LogP contribution in [0.25, 0.3) is 0 Å². The first-order valence-electron chi connectivity index (χ1n) is 10.6. The quantitative estimate of drug-likeness (QED) is 0.348. The number of hydrogen-bond acceptors (Lipinski definition) is 9. The number of alkyl halides is 6. The van der Waals surface area contributed by atoms with E-state index in [1.54, 1.807) is 6.07 Å². The Morgan fingerprint density at radius 2 is 1.57 bits per heavy atom. The Hall–Kier alpha value is -4.09. The molecule has 0 aliphatic heterocycles. The summed E-state index contributed by atoms with van der Waals surface area (Å²) >= 11 is 6.22. The fourth-order valence-electron chi connectivity index (χ4n) is 2.42. The molecule has 0 atom stereocenters. The van der Waals surface area contributed by atoms with E-state index in [1.807, 2.05) is 18.9 Å². The molecular weight excluding hydrogens is 582 g/mol. The summed E-state index contributed by atoms with van der Waals surface area (Å²) < 4.78 is 68.5. The lowest BCUT2D eigenvalue weighted by Gasteiger charge is -2.21. The van der Waals surface area contributed by atoms with Crippen LogP contribution in [0.4, 0.5) is 43.7 Å². The minimum Gasteiger partial charge on any atom is -0.481 e. The van der Waals surface area contributed by atoms with E-state index in [0.717, 1.165) is 12.1 Å². The lowest BCUT2D eigenvalue weighted by molar-refractivity contribution is -0.193. The average molecular weight is 607 g/mol. The van der Waals surface area contributed by atoms with Gasteiger partial charge in [0.2, 0.25) is 5.88 Å². The predicted molar refractivity (Wildman–Crippen MR) is 130 cm³/mol.